The van der Waals surface area contributed by atoms with Gasteiger partial charge in [0.05, 0.1) is 12.5 Å². The topological polar surface area (TPSA) is 65.7 Å². The zero-order valence-corrected chi connectivity index (χ0v) is 19.5. The van der Waals surface area contributed by atoms with Crippen LogP contribution < -0.4 is 15.1 Å². The molecule has 4 aromatic carbocycles. The van der Waals surface area contributed by atoms with E-state index in [0.29, 0.717) is 33.6 Å². The molecular formula is C30H24O5. The Morgan fingerprint density at radius 3 is 2.20 bits per heavy atom. The number of methoxy groups -OCH3 is 1. The summed E-state index contributed by atoms with van der Waals surface area (Å²) < 4.78 is 17.2. The van der Waals surface area contributed by atoms with Gasteiger partial charge in [0.25, 0.3) is 0 Å². The summed E-state index contributed by atoms with van der Waals surface area (Å²) in [7, 11) is 1.58. The summed E-state index contributed by atoms with van der Waals surface area (Å²) in [6.07, 6.45) is 0.838. The second kappa shape index (κ2) is 9.47. The van der Waals surface area contributed by atoms with Crippen molar-refractivity contribution in [2.45, 2.75) is 20.0 Å². The average Bonchev–Trinajstić information content (AvgIpc) is 2.91. The van der Waals surface area contributed by atoms with Crippen molar-refractivity contribution in [2.75, 3.05) is 7.11 Å². The minimum atomic E-state index is -0.377. The van der Waals surface area contributed by atoms with Crippen molar-refractivity contribution in [1.29, 1.82) is 0 Å². The van der Waals surface area contributed by atoms with Gasteiger partial charge in [0.2, 0.25) is 0 Å². The first kappa shape index (κ1) is 22.4. The van der Waals surface area contributed by atoms with E-state index in [9.17, 15) is 9.59 Å². The molecule has 0 aliphatic heterocycles. The van der Waals surface area contributed by atoms with Crippen molar-refractivity contribution < 1.29 is 18.7 Å². The van der Waals surface area contributed by atoms with E-state index in [-0.39, 0.29) is 18.0 Å². The van der Waals surface area contributed by atoms with Crippen molar-refractivity contribution in [3.63, 3.8) is 0 Å². The summed E-state index contributed by atoms with van der Waals surface area (Å²) >= 11 is 0. The van der Waals surface area contributed by atoms with Gasteiger partial charge in [-0.2, -0.15) is 0 Å². The Balaban J connectivity index is 1.41. The van der Waals surface area contributed by atoms with Gasteiger partial charge >= 0.3 is 5.63 Å². The number of carbonyl (C=O) groups excluding carboxylic acids is 1. The van der Waals surface area contributed by atoms with Gasteiger partial charge in [-0.1, -0.05) is 73.7 Å². The van der Waals surface area contributed by atoms with Gasteiger partial charge in [-0.3, -0.25) is 4.79 Å². The molecule has 35 heavy (non-hydrogen) atoms. The molecule has 5 nitrogen and oxygen atoms in total. The van der Waals surface area contributed by atoms with Crippen LogP contribution in [0.15, 0.2) is 94.1 Å². The molecule has 0 saturated heterocycles. The molecule has 0 atom stereocenters. The van der Waals surface area contributed by atoms with Crippen molar-refractivity contribution in [2.24, 2.45) is 0 Å². The van der Waals surface area contributed by atoms with Crippen LogP contribution in [0, 0.1) is 0 Å². The van der Waals surface area contributed by atoms with Crippen molar-refractivity contribution in [1.82, 2.24) is 0 Å². The summed E-state index contributed by atoms with van der Waals surface area (Å²) in [5.41, 5.74) is 3.29. The van der Waals surface area contributed by atoms with Crippen LogP contribution in [0.3, 0.4) is 0 Å². The van der Waals surface area contributed by atoms with Crippen LogP contribution in [-0.4, -0.2) is 12.9 Å². The molecule has 0 radical (unpaired) electrons. The molecule has 0 saturated carbocycles. The van der Waals surface area contributed by atoms with Crippen LogP contribution >= 0.6 is 0 Å². The Morgan fingerprint density at radius 1 is 0.771 bits per heavy atom. The SMILES string of the molecule is CCc1ccc2c(c1)c(=O)oc1cc(OCc3ccc(C(=O)c4ccccc4)cc3)c(OC)cc12. The van der Waals surface area contributed by atoms with Gasteiger partial charge < -0.3 is 13.9 Å². The second-order valence-corrected chi connectivity index (χ2v) is 8.30. The molecule has 5 heteroatoms. The fraction of sp³-hybridized carbons (Fsp3) is 0.133. The van der Waals surface area contributed by atoms with Crippen LogP contribution in [0.25, 0.3) is 21.7 Å². The maximum absolute atomic E-state index is 12.6. The maximum Gasteiger partial charge on any atom is 0.344 e. The Morgan fingerprint density at radius 2 is 1.49 bits per heavy atom. The Hall–Kier alpha value is -4.38. The van der Waals surface area contributed by atoms with E-state index >= 15 is 0 Å². The van der Waals surface area contributed by atoms with Crippen molar-refractivity contribution in [3.05, 3.63) is 118 Å². The predicted octanol–water partition coefficient (Wildman–Crippen LogP) is 6.33. The van der Waals surface area contributed by atoms with Crippen LogP contribution in [0.2, 0.25) is 0 Å². The first-order valence-corrected chi connectivity index (χ1v) is 11.5. The molecule has 174 valence electrons. The minimum Gasteiger partial charge on any atom is -0.493 e. The Kier molecular flexibility index (Phi) is 6.06. The largest absolute Gasteiger partial charge is 0.493 e. The van der Waals surface area contributed by atoms with E-state index in [1.165, 1.54) is 0 Å². The lowest BCUT2D eigenvalue weighted by Crippen LogP contribution is -2.03. The first-order valence-electron chi connectivity index (χ1n) is 11.5. The third-order valence-corrected chi connectivity index (χ3v) is 6.12. The van der Waals surface area contributed by atoms with Crippen molar-refractivity contribution >= 4 is 27.5 Å². The lowest BCUT2D eigenvalue weighted by Gasteiger charge is -2.13. The molecule has 0 spiro atoms. The number of fused-ring (bicyclic) bond motifs is 3. The standard InChI is InChI=1S/C30H24O5/c1-3-19-11-14-23-24-16-27(33-2)28(17-26(24)35-30(32)25(23)15-19)34-18-20-9-12-22(13-10-20)29(31)21-7-5-4-6-8-21/h4-17H,3,18H2,1-2H3. The number of hydrogen-bond acceptors (Lipinski definition) is 5. The quantitative estimate of drug-likeness (QED) is 0.160. The van der Waals surface area contributed by atoms with E-state index < -0.39 is 0 Å². The molecule has 0 unspecified atom stereocenters. The highest BCUT2D eigenvalue weighted by molar-refractivity contribution is 6.09. The summed E-state index contributed by atoms with van der Waals surface area (Å²) in [5, 5.41) is 2.16. The molecule has 0 aliphatic rings. The van der Waals surface area contributed by atoms with E-state index in [1.54, 1.807) is 37.4 Å². The number of ketones is 1. The molecule has 1 heterocycles. The molecule has 0 N–H and O–H groups in total. The summed E-state index contributed by atoms with van der Waals surface area (Å²) in [4.78, 5) is 25.2. The van der Waals surface area contributed by atoms with Gasteiger partial charge in [0.1, 0.15) is 12.2 Å². The van der Waals surface area contributed by atoms with Gasteiger partial charge in [-0.25, -0.2) is 4.79 Å². The molecule has 1 aromatic heterocycles. The Labute approximate surface area is 202 Å². The van der Waals surface area contributed by atoms with Gasteiger partial charge in [-0.05, 0) is 29.7 Å². The van der Waals surface area contributed by atoms with E-state index in [0.717, 1.165) is 28.3 Å². The fourth-order valence-electron chi connectivity index (χ4n) is 4.15. The molecule has 0 bridgehead atoms. The molecule has 0 amide bonds. The highest BCUT2D eigenvalue weighted by Crippen LogP contribution is 2.35. The number of benzene rings is 4. The second-order valence-electron chi connectivity index (χ2n) is 8.30. The monoisotopic (exact) mass is 464 g/mol. The van der Waals surface area contributed by atoms with Crippen LogP contribution in [0.4, 0.5) is 0 Å². The van der Waals surface area contributed by atoms with Crippen molar-refractivity contribution in [3.8, 4) is 11.5 Å². The predicted molar refractivity (Wildman–Crippen MR) is 137 cm³/mol. The zero-order valence-electron chi connectivity index (χ0n) is 19.5. The van der Waals surface area contributed by atoms with Gasteiger partial charge in [-0.15, -0.1) is 0 Å². The zero-order chi connectivity index (χ0) is 24.4. The number of hydrogen-bond donors (Lipinski definition) is 0. The number of carbonyl (C=O) groups is 1. The number of rotatable bonds is 7. The van der Waals surface area contributed by atoms with Crippen LogP contribution in [-0.2, 0) is 13.0 Å². The normalized spacial score (nSPS) is 11.0. The Bertz CT molecular complexity index is 1580. The fourth-order valence-corrected chi connectivity index (χ4v) is 4.15. The van der Waals surface area contributed by atoms with Gasteiger partial charge in [0, 0.05) is 28.0 Å². The molecule has 5 aromatic rings. The summed E-state index contributed by atoms with van der Waals surface area (Å²) in [6, 6.07) is 25.9. The third-order valence-electron chi connectivity index (χ3n) is 6.12. The lowest BCUT2D eigenvalue weighted by molar-refractivity contribution is 0.103. The third kappa shape index (κ3) is 4.41. The number of ether oxygens (including phenoxy) is 2. The molecular weight excluding hydrogens is 440 g/mol. The molecule has 5 rings (SSSR count). The first-order chi connectivity index (χ1) is 17.1. The van der Waals surface area contributed by atoms with E-state index in [4.69, 9.17) is 13.9 Å². The highest BCUT2D eigenvalue weighted by atomic mass is 16.5. The average molecular weight is 465 g/mol. The highest BCUT2D eigenvalue weighted by Gasteiger charge is 2.14. The number of aryl methyl sites for hydroxylation is 1. The van der Waals surface area contributed by atoms with Gasteiger partial charge in [0.15, 0.2) is 17.3 Å². The maximum atomic E-state index is 12.6. The minimum absolute atomic E-state index is 0.0254. The molecule has 0 fully saturated rings. The molecule has 0 aliphatic carbocycles. The summed E-state index contributed by atoms with van der Waals surface area (Å²) in [6.45, 7) is 2.31. The van der Waals surface area contributed by atoms with E-state index in [2.05, 4.69) is 0 Å². The summed E-state index contributed by atoms with van der Waals surface area (Å²) in [5.74, 6) is 0.989. The van der Waals surface area contributed by atoms with Crippen LogP contribution in [0.5, 0.6) is 11.5 Å². The van der Waals surface area contributed by atoms with Crippen LogP contribution in [0.1, 0.15) is 34.0 Å². The smallest absolute Gasteiger partial charge is 0.344 e. The lowest BCUT2D eigenvalue weighted by atomic mass is 10.0. The van der Waals surface area contributed by atoms with E-state index in [1.807, 2.05) is 61.5 Å².